The number of aromatic hydroxyl groups is 1. The van der Waals surface area contributed by atoms with E-state index in [1.807, 2.05) is 0 Å². The van der Waals surface area contributed by atoms with Crippen LogP contribution in [0.1, 0.15) is 19.4 Å². The van der Waals surface area contributed by atoms with Crippen LogP contribution in [0.4, 0.5) is 0 Å². The first kappa shape index (κ1) is 22.9. The van der Waals surface area contributed by atoms with Crippen molar-refractivity contribution in [2.45, 2.75) is 38.4 Å². The van der Waals surface area contributed by atoms with Crippen molar-refractivity contribution in [3.05, 3.63) is 29.8 Å². The van der Waals surface area contributed by atoms with Crippen LogP contribution in [0.3, 0.4) is 0 Å². The highest BCUT2D eigenvalue weighted by Gasteiger charge is 2.21. The maximum Gasteiger partial charge on any atom is 0.328 e. The number of carbonyl (C=O) groups is 4. The lowest BCUT2D eigenvalue weighted by atomic mass is 10.1. The van der Waals surface area contributed by atoms with Crippen LogP contribution in [0.5, 0.6) is 5.75 Å². The molecule has 0 aliphatic heterocycles. The summed E-state index contributed by atoms with van der Waals surface area (Å²) in [6, 6.07) is 3.63. The van der Waals surface area contributed by atoms with Crippen LogP contribution in [-0.4, -0.2) is 60.6 Å². The van der Waals surface area contributed by atoms with E-state index < -0.39 is 41.8 Å². The lowest BCUT2D eigenvalue weighted by Crippen LogP contribution is -2.52. The molecule has 0 heterocycles. The highest BCUT2D eigenvalue weighted by molar-refractivity contribution is 5.92. The van der Waals surface area contributed by atoms with Crippen molar-refractivity contribution in [2.75, 3.05) is 13.7 Å². The minimum Gasteiger partial charge on any atom is -0.508 e. The van der Waals surface area contributed by atoms with Gasteiger partial charge in [-0.2, -0.15) is 0 Å². The molecule has 3 amide bonds. The number of phenols is 1. The number of esters is 1. The number of carbonyl (C=O) groups excluding carboxylic acids is 4. The molecule has 154 valence electrons. The molecule has 10 heteroatoms. The molecule has 0 aliphatic carbocycles. The molecule has 0 spiro atoms. The van der Waals surface area contributed by atoms with E-state index in [9.17, 15) is 24.3 Å². The molecule has 0 fully saturated rings. The Hall–Kier alpha value is -3.14. The van der Waals surface area contributed by atoms with Gasteiger partial charge in [0.25, 0.3) is 0 Å². The molecule has 0 saturated carbocycles. The van der Waals surface area contributed by atoms with Gasteiger partial charge in [-0.15, -0.1) is 0 Å². The van der Waals surface area contributed by atoms with E-state index in [0.717, 1.165) is 5.56 Å². The van der Waals surface area contributed by atoms with E-state index in [0.29, 0.717) is 0 Å². The molecule has 6 N–H and O–H groups in total. The number of hydrogen-bond donors (Lipinski definition) is 5. The highest BCUT2D eigenvalue weighted by atomic mass is 16.5. The van der Waals surface area contributed by atoms with E-state index in [1.165, 1.54) is 33.1 Å². The molecule has 1 aromatic carbocycles. The number of methoxy groups -OCH3 is 1. The highest BCUT2D eigenvalue weighted by Crippen LogP contribution is 2.10. The predicted molar refractivity (Wildman–Crippen MR) is 100 cm³/mol. The average molecular weight is 394 g/mol. The third-order valence-corrected chi connectivity index (χ3v) is 3.84. The molecule has 3 atom stereocenters. The normalized spacial score (nSPS) is 13.6. The molecule has 10 nitrogen and oxygen atoms in total. The topological polar surface area (TPSA) is 160 Å². The smallest absolute Gasteiger partial charge is 0.328 e. The van der Waals surface area contributed by atoms with Gasteiger partial charge < -0.3 is 31.5 Å². The SMILES string of the molecule is COC(=O)[C@H](C)NC(=O)CNC(=O)[C@H](C)NC(=O)C(N)Cc1ccc(O)cc1. The number of hydrogen-bond acceptors (Lipinski definition) is 7. The van der Waals surface area contributed by atoms with Crippen LogP contribution in [-0.2, 0) is 30.3 Å². The monoisotopic (exact) mass is 394 g/mol. The summed E-state index contributed by atoms with van der Waals surface area (Å²) in [5, 5.41) is 16.4. The Morgan fingerprint density at radius 3 is 2.21 bits per heavy atom. The number of rotatable bonds is 9. The summed E-state index contributed by atoms with van der Waals surface area (Å²) in [6.45, 7) is 2.54. The number of ether oxygens (including phenoxy) is 1. The van der Waals surface area contributed by atoms with Crippen LogP contribution in [0.2, 0.25) is 0 Å². The maximum atomic E-state index is 12.1. The summed E-state index contributed by atoms with van der Waals surface area (Å²) in [7, 11) is 1.20. The second-order valence-electron chi connectivity index (χ2n) is 6.24. The van der Waals surface area contributed by atoms with Crippen LogP contribution in [0.15, 0.2) is 24.3 Å². The van der Waals surface area contributed by atoms with E-state index >= 15 is 0 Å². The summed E-state index contributed by atoms with van der Waals surface area (Å²) < 4.78 is 4.48. The van der Waals surface area contributed by atoms with Crippen LogP contribution in [0, 0.1) is 0 Å². The molecule has 0 aromatic heterocycles. The minimum absolute atomic E-state index is 0.108. The lowest BCUT2D eigenvalue weighted by molar-refractivity contribution is -0.144. The number of nitrogens with one attached hydrogen (secondary N) is 3. The Kier molecular flexibility index (Phi) is 8.89. The zero-order chi connectivity index (χ0) is 21.3. The number of benzene rings is 1. The van der Waals surface area contributed by atoms with Crippen LogP contribution < -0.4 is 21.7 Å². The molecule has 28 heavy (non-hydrogen) atoms. The Balaban J connectivity index is 2.41. The summed E-state index contributed by atoms with van der Waals surface area (Å²) in [6.07, 6.45) is 0.230. The Labute approximate surface area is 162 Å². The van der Waals surface area contributed by atoms with Crippen molar-refractivity contribution >= 4 is 23.7 Å². The second kappa shape index (κ2) is 10.9. The largest absolute Gasteiger partial charge is 0.508 e. The van der Waals surface area contributed by atoms with Crippen molar-refractivity contribution in [3.8, 4) is 5.75 Å². The molecule has 0 saturated heterocycles. The zero-order valence-electron chi connectivity index (χ0n) is 16.0. The van der Waals surface area contributed by atoms with Gasteiger partial charge in [0.1, 0.15) is 17.8 Å². The van der Waals surface area contributed by atoms with Crippen molar-refractivity contribution in [1.82, 2.24) is 16.0 Å². The molecular formula is C18H26N4O6. The zero-order valence-corrected chi connectivity index (χ0v) is 16.0. The molecule has 0 radical (unpaired) electrons. The molecule has 1 unspecified atom stereocenters. The third kappa shape index (κ3) is 7.62. The Morgan fingerprint density at radius 2 is 1.64 bits per heavy atom. The fourth-order valence-corrected chi connectivity index (χ4v) is 2.21. The summed E-state index contributed by atoms with van der Waals surface area (Å²) in [5.41, 5.74) is 6.60. The van der Waals surface area contributed by atoms with Crippen molar-refractivity contribution in [1.29, 1.82) is 0 Å². The van der Waals surface area contributed by atoms with Gasteiger partial charge in [-0.3, -0.25) is 14.4 Å². The van der Waals surface area contributed by atoms with Gasteiger partial charge in [-0.05, 0) is 38.0 Å². The van der Waals surface area contributed by atoms with Crippen molar-refractivity contribution < 1.29 is 29.0 Å². The third-order valence-electron chi connectivity index (χ3n) is 3.84. The fourth-order valence-electron chi connectivity index (χ4n) is 2.21. The summed E-state index contributed by atoms with van der Waals surface area (Å²) in [4.78, 5) is 47.1. The number of amides is 3. The Bertz CT molecular complexity index is 707. The first-order valence-electron chi connectivity index (χ1n) is 8.62. The quantitative estimate of drug-likeness (QED) is 0.321. The van der Waals surface area contributed by atoms with Gasteiger partial charge in [0.15, 0.2) is 0 Å². The molecule has 1 aromatic rings. The standard InChI is InChI=1S/C18H26N4O6/c1-10(16(25)20-9-15(24)21-11(2)18(27)28-3)22-17(26)14(19)8-12-4-6-13(23)7-5-12/h4-7,10-11,14,23H,8-9,19H2,1-3H3,(H,20,25)(H,21,24)(H,22,26)/t10-,11-,14?/m0/s1. The van der Waals surface area contributed by atoms with E-state index in [1.54, 1.807) is 12.1 Å². The molecule has 1 rings (SSSR count). The number of phenolic OH excluding ortho intramolecular Hbond substituents is 1. The van der Waals surface area contributed by atoms with Crippen LogP contribution >= 0.6 is 0 Å². The summed E-state index contributed by atoms with van der Waals surface area (Å²) in [5.74, 6) is -2.18. The maximum absolute atomic E-state index is 12.1. The van der Waals surface area contributed by atoms with Crippen LogP contribution in [0.25, 0.3) is 0 Å². The first-order chi connectivity index (χ1) is 13.1. The fraction of sp³-hybridized carbons (Fsp3) is 0.444. The molecule has 0 bridgehead atoms. The van der Waals surface area contributed by atoms with Crippen molar-refractivity contribution in [2.24, 2.45) is 5.73 Å². The second-order valence-corrected chi connectivity index (χ2v) is 6.24. The van der Waals surface area contributed by atoms with E-state index in [-0.39, 0.29) is 18.7 Å². The van der Waals surface area contributed by atoms with E-state index in [2.05, 4.69) is 20.7 Å². The molecular weight excluding hydrogens is 368 g/mol. The van der Waals surface area contributed by atoms with Gasteiger partial charge in [-0.1, -0.05) is 12.1 Å². The molecule has 0 aliphatic rings. The van der Waals surface area contributed by atoms with Gasteiger partial charge >= 0.3 is 5.97 Å². The van der Waals surface area contributed by atoms with Gasteiger partial charge in [0, 0.05) is 0 Å². The Morgan fingerprint density at radius 1 is 1.04 bits per heavy atom. The minimum atomic E-state index is -0.913. The predicted octanol–water partition coefficient (Wildman–Crippen LogP) is -1.44. The average Bonchev–Trinajstić information content (AvgIpc) is 2.66. The van der Waals surface area contributed by atoms with Gasteiger partial charge in [0.05, 0.1) is 19.7 Å². The summed E-state index contributed by atoms with van der Waals surface area (Å²) >= 11 is 0. The van der Waals surface area contributed by atoms with Gasteiger partial charge in [0.2, 0.25) is 17.7 Å². The van der Waals surface area contributed by atoms with E-state index in [4.69, 9.17) is 5.73 Å². The van der Waals surface area contributed by atoms with Gasteiger partial charge in [-0.25, -0.2) is 4.79 Å². The lowest BCUT2D eigenvalue weighted by Gasteiger charge is -2.18. The van der Waals surface area contributed by atoms with Crippen molar-refractivity contribution in [3.63, 3.8) is 0 Å². The number of nitrogens with two attached hydrogens (primary N) is 1. The first-order valence-corrected chi connectivity index (χ1v) is 8.62.